The zero-order valence-electron chi connectivity index (χ0n) is 11.5. The molecule has 0 bridgehead atoms. The van der Waals surface area contributed by atoms with Gasteiger partial charge in [-0.25, -0.2) is 0 Å². The number of carboxylic acid groups (broad SMARTS) is 1. The molecule has 0 fully saturated rings. The molecule has 0 spiro atoms. The quantitative estimate of drug-likeness (QED) is 0.848. The van der Waals surface area contributed by atoms with Gasteiger partial charge >= 0.3 is 5.97 Å². The minimum Gasteiger partial charge on any atom is -0.481 e. The van der Waals surface area contributed by atoms with Crippen LogP contribution in [-0.4, -0.2) is 21.2 Å². The van der Waals surface area contributed by atoms with E-state index >= 15 is 0 Å². The molecule has 1 aromatic carbocycles. The first kappa shape index (κ1) is 14.5. The van der Waals surface area contributed by atoms with Crippen LogP contribution in [0.1, 0.15) is 37.9 Å². The summed E-state index contributed by atoms with van der Waals surface area (Å²) in [5.41, 5.74) is 1.47. The highest BCUT2D eigenvalue weighted by molar-refractivity contribution is 5.79. The van der Waals surface area contributed by atoms with Gasteiger partial charge in [0.25, 0.3) is 0 Å². The first-order valence-corrected chi connectivity index (χ1v) is 6.89. The van der Waals surface area contributed by atoms with Crippen LogP contribution in [0, 0.1) is 5.92 Å². The average Bonchev–Trinajstić information content (AvgIpc) is 2.46. The number of carbonyl (C=O) groups is 1. The zero-order chi connectivity index (χ0) is 14.5. The maximum absolute atomic E-state index is 11.3. The molecule has 2 aromatic rings. The summed E-state index contributed by atoms with van der Waals surface area (Å²) >= 11 is 0. The van der Waals surface area contributed by atoms with Crippen LogP contribution in [0.25, 0.3) is 10.9 Å². The summed E-state index contributed by atoms with van der Waals surface area (Å²) < 4.78 is 0. The summed E-state index contributed by atoms with van der Waals surface area (Å²) in [6, 6.07) is 9.11. The average molecular weight is 273 g/mol. The van der Waals surface area contributed by atoms with Gasteiger partial charge in [0.1, 0.15) is 0 Å². The van der Waals surface area contributed by atoms with E-state index in [1.165, 1.54) is 0 Å². The van der Waals surface area contributed by atoms with Crippen LogP contribution < -0.4 is 0 Å². The Labute approximate surface area is 118 Å². The van der Waals surface area contributed by atoms with Crippen molar-refractivity contribution in [1.29, 1.82) is 0 Å². The van der Waals surface area contributed by atoms with Gasteiger partial charge in [-0.1, -0.05) is 31.9 Å². The summed E-state index contributed by atoms with van der Waals surface area (Å²) in [5.74, 6) is -1.71. The van der Waals surface area contributed by atoms with E-state index in [4.69, 9.17) is 0 Å². The van der Waals surface area contributed by atoms with Gasteiger partial charge in [-0.2, -0.15) is 0 Å². The maximum atomic E-state index is 11.3. The third-order valence-electron chi connectivity index (χ3n) is 3.54. The fourth-order valence-electron chi connectivity index (χ4n) is 2.35. The zero-order valence-corrected chi connectivity index (χ0v) is 11.5. The minimum atomic E-state index is -0.983. The molecule has 0 aliphatic heterocycles. The number of aliphatic hydroxyl groups is 1. The van der Waals surface area contributed by atoms with Crippen molar-refractivity contribution < 1.29 is 15.0 Å². The number of hydrogen-bond acceptors (Lipinski definition) is 3. The van der Waals surface area contributed by atoms with Crippen molar-refractivity contribution in [2.75, 3.05) is 0 Å². The molecule has 2 N–H and O–H groups in total. The van der Waals surface area contributed by atoms with Crippen LogP contribution in [0.4, 0.5) is 0 Å². The number of unbranched alkanes of at least 4 members (excludes halogenated alkanes) is 1. The van der Waals surface area contributed by atoms with Gasteiger partial charge < -0.3 is 10.2 Å². The molecule has 106 valence electrons. The monoisotopic (exact) mass is 273 g/mol. The molecule has 0 saturated carbocycles. The smallest absolute Gasteiger partial charge is 0.309 e. The second-order valence-corrected chi connectivity index (χ2v) is 4.99. The standard InChI is InChI=1S/C16H19NO3/c1-2-3-6-13(16(19)20)15(18)12-7-8-14-11(10-12)5-4-9-17-14/h4-5,7-10,13,15,18H,2-3,6H2,1H3,(H,19,20). The summed E-state index contributed by atoms with van der Waals surface area (Å²) in [6.07, 6.45) is 2.92. The van der Waals surface area contributed by atoms with Crippen LogP contribution >= 0.6 is 0 Å². The molecule has 2 rings (SSSR count). The Morgan fingerprint density at radius 3 is 2.85 bits per heavy atom. The van der Waals surface area contributed by atoms with Crippen molar-refractivity contribution in [2.45, 2.75) is 32.3 Å². The number of aliphatic hydroxyl groups excluding tert-OH is 1. The lowest BCUT2D eigenvalue weighted by molar-refractivity contribution is -0.146. The summed E-state index contributed by atoms with van der Waals surface area (Å²) in [5, 5.41) is 20.5. The van der Waals surface area contributed by atoms with Gasteiger partial charge in [0.15, 0.2) is 0 Å². The fourth-order valence-corrected chi connectivity index (χ4v) is 2.35. The van der Waals surface area contributed by atoms with Gasteiger partial charge in [-0.15, -0.1) is 0 Å². The highest BCUT2D eigenvalue weighted by atomic mass is 16.4. The van der Waals surface area contributed by atoms with Crippen molar-refractivity contribution in [1.82, 2.24) is 4.98 Å². The molecule has 0 radical (unpaired) electrons. The van der Waals surface area contributed by atoms with E-state index in [0.29, 0.717) is 12.0 Å². The van der Waals surface area contributed by atoms with E-state index in [0.717, 1.165) is 23.7 Å². The molecular weight excluding hydrogens is 254 g/mol. The summed E-state index contributed by atoms with van der Waals surface area (Å²) in [4.78, 5) is 15.5. The summed E-state index contributed by atoms with van der Waals surface area (Å²) in [7, 11) is 0. The van der Waals surface area contributed by atoms with E-state index < -0.39 is 18.0 Å². The summed E-state index contributed by atoms with van der Waals surface area (Å²) in [6.45, 7) is 2.01. The number of nitrogens with zero attached hydrogens (tertiary/aromatic N) is 1. The Balaban J connectivity index is 2.28. The van der Waals surface area contributed by atoms with Crippen LogP contribution in [0.15, 0.2) is 36.5 Å². The molecule has 1 heterocycles. The van der Waals surface area contributed by atoms with E-state index in [-0.39, 0.29) is 0 Å². The van der Waals surface area contributed by atoms with Crippen molar-refractivity contribution in [3.8, 4) is 0 Å². The highest BCUT2D eigenvalue weighted by Crippen LogP contribution is 2.28. The first-order valence-electron chi connectivity index (χ1n) is 6.89. The van der Waals surface area contributed by atoms with E-state index in [1.807, 2.05) is 31.2 Å². The molecule has 4 nitrogen and oxygen atoms in total. The molecule has 20 heavy (non-hydrogen) atoms. The van der Waals surface area contributed by atoms with Crippen molar-refractivity contribution in [3.63, 3.8) is 0 Å². The molecule has 0 amide bonds. The molecule has 0 saturated heterocycles. The SMILES string of the molecule is CCCCC(C(=O)O)C(O)c1ccc2ncccc2c1. The largest absolute Gasteiger partial charge is 0.481 e. The lowest BCUT2D eigenvalue weighted by Crippen LogP contribution is -2.22. The first-order chi connectivity index (χ1) is 9.63. The van der Waals surface area contributed by atoms with E-state index in [1.54, 1.807) is 12.3 Å². The number of aliphatic carboxylic acids is 1. The number of hydrogen-bond donors (Lipinski definition) is 2. The second kappa shape index (κ2) is 6.48. The Bertz CT molecular complexity index is 597. The Morgan fingerprint density at radius 1 is 1.35 bits per heavy atom. The number of pyridine rings is 1. The normalized spacial score (nSPS) is 14.1. The van der Waals surface area contributed by atoms with Gasteiger partial charge in [0.05, 0.1) is 17.5 Å². The maximum Gasteiger partial charge on any atom is 0.309 e. The Kier molecular flexibility index (Phi) is 4.69. The van der Waals surface area contributed by atoms with Crippen LogP contribution in [0.2, 0.25) is 0 Å². The van der Waals surface area contributed by atoms with Gasteiger partial charge in [0, 0.05) is 11.6 Å². The molecule has 2 atom stereocenters. The van der Waals surface area contributed by atoms with E-state index in [9.17, 15) is 15.0 Å². The predicted molar refractivity (Wildman–Crippen MR) is 77.4 cm³/mol. The lowest BCUT2D eigenvalue weighted by atomic mass is 9.90. The number of benzene rings is 1. The number of aromatic nitrogens is 1. The van der Waals surface area contributed by atoms with Crippen LogP contribution in [0.3, 0.4) is 0 Å². The molecule has 0 aliphatic carbocycles. The molecular formula is C16H19NO3. The molecule has 1 aromatic heterocycles. The van der Waals surface area contributed by atoms with Gasteiger partial charge in [-0.3, -0.25) is 9.78 Å². The minimum absolute atomic E-state index is 0.484. The van der Waals surface area contributed by atoms with Crippen LogP contribution in [-0.2, 0) is 4.79 Å². The van der Waals surface area contributed by atoms with Gasteiger partial charge in [-0.05, 0) is 30.2 Å². The van der Waals surface area contributed by atoms with Crippen LogP contribution in [0.5, 0.6) is 0 Å². The fraction of sp³-hybridized carbons (Fsp3) is 0.375. The van der Waals surface area contributed by atoms with Crippen molar-refractivity contribution in [3.05, 3.63) is 42.1 Å². The lowest BCUT2D eigenvalue weighted by Gasteiger charge is -2.19. The Hall–Kier alpha value is -1.94. The third kappa shape index (κ3) is 3.14. The molecule has 4 heteroatoms. The Morgan fingerprint density at radius 2 is 2.15 bits per heavy atom. The molecule has 0 aliphatic rings. The topological polar surface area (TPSA) is 70.4 Å². The number of rotatable bonds is 6. The third-order valence-corrected chi connectivity index (χ3v) is 3.54. The van der Waals surface area contributed by atoms with Crippen molar-refractivity contribution >= 4 is 16.9 Å². The van der Waals surface area contributed by atoms with E-state index in [2.05, 4.69) is 4.98 Å². The second-order valence-electron chi connectivity index (χ2n) is 4.99. The predicted octanol–water partition coefficient (Wildman–Crippen LogP) is 3.16. The van der Waals surface area contributed by atoms with Gasteiger partial charge in [0.2, 0.25) is 0 Å². The van der Waals surface area contributed by atoms with Crippen molar-refractivity contribution in [2.24, 2.45) is 5.92 Å². The highest BCUT2D eigenvalue weighted by Gasteiger charge is 2.27. The number of fused-ring (bicyclic) bond motifs is 1. The molecule has 2 unspecified atom stereocenters. The number of carboxylic acids is 1.